The molecular weight excluding hydrogens is 386 g/mol. The van der Waals surface area contributed by atoms with Crippen molar-refractivity contribution in [2.24, 2.45) is 0 Å². The third-order valence-corrected chi connectivity index (χ3v) is 4.47. The first-order valence-electron chi connectivity index (χ1n) is 7.70. The number of halogens is 1. The number of carbonyl (C=O) groups is 2. The van der Waals surface area contributed by atoms with Gasteiger partial charge in [0.1, 0.15) is 0 Å². The fourth-order valence-corrected chi connectivity index (χ4v) is 3.13. The van der Waals surface area contributed by atoms with E-state index >= 15 is 0 Å². The fraction of sp³-hybridized carbons (Fsp3) is 0.167. The summed E-state index contributed by atoms with van der Waals surface area (Å²) < 4.78 is 5.98. The smallest absolute Gasteiger partial charge is 0.359 e. The molecule has 25 heavy (non-hydrogen) atoms. The van der Waals surface area contributed by atoms with E-state index in [1.54, 1.807) is 12.1 Å². The largest absolute Gasteiger partial charge is 0.451 e. The van der Waals surface area contributed by atoms with Gasteiger partial charge in [0.25, 0.3) is 5.91 Å². The van der Waals surface area contributed by atoms with Gasteiger partial charge in [-0.25, -0.2) is 4.79 Å². The molecule has 0 aliphatic rings. The Kier molecular flexibility index (Phi) is 5.14. The molecule has 2 N–H and O–H groups in total. The second kappa shape index (κ2) is 7.48. The Morgan fingerprint density at radius 1 is 1.20 bits per heavy atom. The normalized spacial score (nSPS) is 11.9. The molecule has 0 bridgehead atoms. The molecular formula is C18H16BrN3O3. The van der Waals surface area contributed by atoms with Crippen LogP contribution in [0.5, 0.6) is 0 Å². The summed E-state index contributed by atoms with van der Waals surface area (Å²) in [5.74, 6) is -1.02. The van der Waals surface area contributed by atoms with Gasteiger partial charge in [-0.2, -0.15) is 5.10 Å². The maximum atomic E-state index is 12.1. The number of H-pyrrole nitrogens is 1. The molecule has 0 aliphatic carbocycles. The van der Waals surface area contributed by atoms with E-state index in [2.05, 4.69) is 31.4 Å². The zero-order valence-corrected chi connectivity index (χ0v) is 15.0. The van der Waals surface area contributed by atoms with Gasteiger partial charge >= 0.3 is 5.97 Å². The van der Waals surface area contributed by atoms with Crippen molar-refractivity contribution in [2.75, 3.05) is 6.61 Å². The van der Waals surface area contributed by atoms with Crippen LogP contribution in [-0.2, 0) is 9.53 Å². The van der Waals surface area contributed by atoms with Crippen LogP contribution in [0, 0.1) is 0 Å². The molecule has 3 aromatic rings. The Balaban J connectivity index is 1.59. The summed E-state index contributed by atoms with van der Waals surface area (Å²) in [6.45, 7) is 1.50. The number of aromatic amines is 1. The number of rotatable bonds is 5. The van der Waals surface area contributed by atoms with Crippen molar-refractivity contribution in [3.8, 4) is 0 Å². The Morgan fingerprint density at radius 3 is 2.72 bits per heavy atom. The summed E-state index contributed by atoms with van der Waals surface area (Å²) in [5, 5.41) is 10.2. The molecule has 1 atom stereocenters. The number of aromatic nitrogens is 2. The summed E-state index contributed by atoms with van der Waals surface area (Å²) >= 11 is 3.45. The lowest BCUT2D eigenvalue weighted by Crippen LogP contribution is -2.31. The van der Waals surface area contributed by atoms with Gasteiger partial charge in [0, 0.05) is 9.86 Å². The number of hydrogen-bond donors (Lipinski definition) is 2. The van der Waals surface area contributed by atoms with Crippen LogP contribution in [0.1, 0.15) is 29.0 Å². The van der Waals surface area contributed by atoms with Crippen molar-refractivity contribution in [1.82, 2.24) is 15.5 Å². The van der Waals surface area contributed by atoms with E-state index in [9.17, 15) is 9.59 Å². The second-order valence-electron chi connectivity index (χ2n) is 5.50. The van der Waals surface area contributed by atoms with E-state index in [0.717, 1.165) is 15.6 Å². The summed E-state index contributed by atoms with van der Waals surface area (Å²) in [6.07, 6.45) is 0. The van der Waals surface area contributed by atoms with E-state index in [-0.39, 0.29) is 24.2 Å². The third kappa shape index (κ3) is 3.88. The van der Waals surface area contributed by atoms with E-state index in [0.29, 0.717) is 5.39 Å². The zero-order chi connectivity index (χ0) is 17.8. The van der Waals surface area contributed by atoms with Crippen LogP contribution in [-0.4, -0.2) is 28.7 Å². The number of nitrogens with zero attached hydrogens (tertiary/aromatic N) is 1. The summed E-state index contributed by atoms with van der Waals surface area (Å²) in [5.41, 5.74) is 1.85. The molecule has 0 spiro atoms. The SMILES string of the molecule is C[C@H](NC(=O)COC(=O)c1n[nH]c2ccccc12)c1ccccc1Br. The maximum absolute atomic E-state index is 12.1. The Morgan fingerprint density at radius 2 is 1.92 bits per heavy atom. The number of fused-ring (bicyclic) bond motifs is 1. The first-order chi connectivity index (χ1) is 12.1. The molecule has 6 nitrogen and oxygen atoms in total. The van der Waals surface area contributed by atoms with Gasteiger partial charge in [-0.3, -0.25) is 9.89 Å². The van der Waals surface area contributed by atoms with Gasteiger partial charge in [-0.05, 0) is 24.6 Å². The topological polar surface area (TPSA) is 84.1 Å². The Hall–Kier alpha value is -2.67. The average Bonchev–Trinajstić information content (AvgIpc) is 3.04. The van der Waals surface area contributed by atoms with Crippen LogP contribution in [0.15, 0.2) is 53.0 Å². The Labute approximate surface area is 152 Å². The number of amides is 1. The standard InChI is InChI=1S/C18H16BrN3O3/c1-11(12-6-2-4-8-14(12)19)20-16(23)10-25-18(24)17-13-7-3-5-9-15(13)21-22-17/h2-9,11H,10H2,1H3,(H,20,23)(H,21,22)/t11-/m0/s1. The van der Waals surface area contributed by atoms with Gasteiger partial charge in [-0.15, -0.1) is 0 Å². The average molecular weight is 402 g/mol. The van der Waals surface area contributed by atoms with Crippen molar-refractivity contribution in [3.63, 3.8) is 0 Å². The van der Waals surface area contributed by atoms with E-state index in [4.69, 9.17) is 4.74 Å². The lowest BCUT2D eigenvalue weighted by atomic mass is 10.1. The lowest BCUT2D eigenvalue weighted by molar-refractivity contribution is -0.124. The summed E-state index contributed by atoms with van der Waals surface area (Å²) in [7, 11) is 0. The van der Waals surface area contributed by atoms with Crippen molar-refractivity contribution < 1.29 is 14.3 Å². The predicted molar refractivity (Wildman–Crippen MR) is 97.1 cm³/mol. The van der Waals surface area contributed by atoms with Crippen molar-refractivity contribution >= 4 is 38.7 Å². The minimum absolute atomic E-state index is 0.169. The minimum atomic E-state index is -0.638. The first-order valence-corrected chi connectivity index (χ1v) is 8.49. The molecule has 2 aromatic carbocycles. The molecule has 7 heteroatoms. The molecule has 0 saturated carbocycles. The number of ether oxygens (including phenoxy) is 1. The highest BCUT2D eigenvalue weighted by atomic mass is 79.9. The lowest BCUT2D eigenvalue weighted by Gasteiger charge is -2.15. The summed E-state index contributed by atoms with van der Waals surface area (Å²) in [4.78, 5) is 24.2. The van der Waals surface area contributed by atoms with Crippen LogP contribution in [0.3, 0.4) is 0 Å². The van der Waals surface area contributed by atoms with Gasteiger partial charge in [0.2, 0.25) is 0 Å². The van der Waals surface area contributed by atoms with Crippen molar-refractivity contribution in [3.05, 3.63) is 64.3 Å². The van der Waals surface area contributed by atoms with Crippen LogP contribution < -0.4 is 5.32 Å². The number of carbonyl (C=O) groups excluding carboxylic acids is 2. The van der Waals surface area contributed by atoms with E-state index in [1.165, 1.54) is 0 Å². The molecule has 1 heterocycles. The predicted octanol–water partition coefficient (Wildman–Crippen LogP) is 3.36. The van der Waals surface area contributed by atoms with Crippen molar-refractivity contribution in [1.29, 1.82) is 0 Å². The highest BCUT2D eigenvalue weighted by molar-refractivity contribution is 9.10. The van der Waals surface area contributed by atoms with Crippen LogP contribution in [0.2, 0.25) is 0 Å². The highest BCUT2D eigenvalue weighted by Crippen LogP contribution is 2.22. The van der Waals surface area contributed by atoms with Gasteiger partial charge in [0.05, 0.1) is 11.6 Å². The van der Waals surface area contributed by atoms with Gasteiger partial charge in [-0.1, -0.05) is 52.3 Å². The first kappa shape index (κ1) is 17.2. The third-order valence-electron chi connectivity index (χ3n) is 3.75. The molecule has 1 aromatic heterocycles. The molecule has 1 amide bonds. The molecule has 128 valence electrons. The summed E-state index contributed by atoms with van der Waals surface area (Å²) in [6, 6.07) is 14.6. The van der Waals surface area contributed by atoms with Crippen LogP contribution in [0.25, 0.3) is 10.9 Å². The van der Waals surface area contributed by atoms with Crippen LogP contribution >= 0.6 is 15.9 Å². The number of nitrogens with one attached hydrogen (secondary N) is 2. The molecule has 0 saturated heterocycles. The van der Waals surface area contributed by atoms with Gasteiger partial charge in [0.15, 0.2) is 12.3 Å². The molecule has 3 rings (SSSR count). The number of benzene rings is 2. The van der Waals surface area contributed by atoms with Crippen LogP contribution in [0.4, 0.5) is 0 Å². The number of hydrogen-bond acceptors (Lipinski definition) is 4. The highest BCUT2D eigenvalue weighted by Gasteiger charge is 2.18. The zero-order valence-electron chi connectivity index (χ0n) is 13.5. The number of para-hydroxylation sites is 1. The minimum Gasteiger partial charge on any atom is -0.451 e. The quantitative estimate of drug-likeness (QED) is 0.641. The molecule has 0 aliphatic heterocycles. The molecule has 0 radical (unpaired) electrons. The Bertz CT molecular complexity index is 923. The monoisotopic (exact) mass is 401 g/mol. The molecule has 0 unspecified atom stereocenters. The number of esters is 1. The maximum Gasteiger partial charge on any atom is 0.359 e. The van der Waals surface area contributed by atoms with Crippen molar-refractivity contribution in [2.45, 2.75) is 13.0 Å². The second-order valence-corrected chi connectivity index (χ2v) is 6.36. The molecule has 0 fully saturated rings. The van der Waals surface area contributed by atoms with E-state index < -0.39 is 5.97 Å². The van der Waals surface area contributed by atoms with Gasteiger partial charge < -0.3 is 10.1 Å². The fourth-order valence-electron chi connectivity index (χ4n) is 2.51. The van der Waals surface area contributed by atoms with E-state index in [1.807, 2.05) is 43.3 Å².